The summed E-state index contributed by atoms with van der Waals surface area (Å²) in [7, 11) is 0. The molecule has 0 aliphatic heterocycles. The number of hydrogen-bond donors (Lipinski definition) is 0. The average molecular weight is 251 g/mol. The Labute approximate surface area is 47.1 Å². The molecule has 0 atom stereocenters. The van der Waals surface area contributed by atoms with Gasteiger partial charge in [-0.15, -0.1) is 6.58 Å². The van der Waals surface area contributed by atoms with Gasteiger partial charge in [0, 0.05) is 0 Å². The van der Waals surface area contributed by atoms with Gasteiger partial charge < -0.3 is 0 Å². The van der Waals surface area contributed by atoms with Crippen molar-refractivity contribution in [2.24, 2.45) is 0 Å². The van der Waals surface area contributed by atoms with Crippen LogP contribution in [0.1, 0.15) is 6.92 Å². The van der Waals surface area contributed by atoms with Crippen LogP contribution in [0.5, 0.6) is 0 Å². The van der Waals surface area contributed by atoms with Crippen molar-refractivity contribution in [2.45, 2.75) is 6.92 Å². The molecule has 0 aromatic rings. The van der Waals surface area contributed by atoms with Gasteiger partial charge in [-0.25, -0.2) is 0 Å². The first-order valence-corrected chi connectivity index (χ1v) is 0.986. The fourth-order valence-corrected chi connectivity index (χ4v) is 0. The Morgan fingerprint density at radius 2 is 1.75 bits per heavy atom. The van der Waals surface area contributed by atoms with E-state index >= 15 is 0 Å². The van der Waals surface area contributed by atoms with Crippen LogP contribution in [0.25, 0.3) is 0 Å². The van der Waals surface area contributed by atoms with Gasteiger partial charge in [-0.2, -0.15) is 0 Å². The Morgan fingerprint density at radius 1 is 1.75 bits per heavy atom. The summed E-state index contributed by atoms with van der Waals surface area (Å²) in [6, 6.07) is 0. The van der Waals surface area contributed by atoms with Gasteiger partial charge in [-0.3, -0.25) is 0 Å². The molecule has 0 fully saturated rings. The standard InChI is InChI=1S/C3H6.Pb.2H/c1-3-2;;;/h3H,1H2,2H3;;;. The summed E-state index contributed by atoms with van der Waals surface area (Å²) in [6.45, 7) is 5.25. The van der Waals surface area contributed by atoms with Crippen molar-refractivity contribution in [2.75, 3.05) is 0 Å². The molecule has 0 nitrogen and oxygen atoms in total. The minimum atomic E-state index is 0. The molecule has 0 aliphatic rings. The van der Waals surface area contributed by atoms with Gasteiger partial charge in [0.2, 0.25) is 0 Å². The molecular formula is C3H8Pb. The van der Waals surface area contributed by atoms with Gasteiger partial charge in [-0.1, -0.05) is 6.08 Å². The first kappa shape index (κ1) is 8.82. The van der Waals surface area contributed by atoms with Crippen LogP contribution in [0, 0.1) is 0 Å². The molecule has 0 N–H and O–H groups in total. The Hall–Kier alpha value is 0.662. The zero-order valence-electron chi connectivity index (χ0n) is 2.99. The van der Waals surface area contributed by atoms with Crippen molar-refractivity contribution in [1.29, 1.82) is 0 Å². The van der Waals surface area contributed by atoms with E-state index in [2.05, 4.69) is 6.58 Å². The van der Waals surface area contributed by atoms with E-state index in [0.717, 1.165) is 0 Å². The quantitative estimate of drug-likeness (QED) is 0.428. The van der Waals surface area contributed by atoms with E-state index in [9.17, 15) is 0 Å². The van der Waals surface area contributed by atoms with Crippen LogP contribution in [0.3, 0.4) is 0 Å². The topological polar surface area (TPSA) is 0 Å². The van der Waals surface area contributed by atoms with Crippen LogP contribution in [0.2, 0.25) is 0 Å². The second-order valence-corrected chi connectivity index (χ2v) is 0.408. The van der Waals surface area contributed by atoms with Crippen molar-refractivity contribution in [3.63, 3.8) is 0 Å². The van der Waals surface area contributed by atoms with Gasteiger partial charge >= 0.3 is 27.3 Å². The molecule has 0 spiro atoms. The summed E-state index contributed by atoms with van der Waals surface area (Å²) >= 11 is 0. The monoisotopic (exact) mass is 252 g/mol. The Balaban J connectivity index is 0. The van der Waals surface area contributed by atoms with Crippen LogP contribution >= 0.6 is 0 Å². The summed E-state index contributed by atoms with van der Waals surface area (Å²) in [6.07, 6.45) is 1.75. The van der Waals surface area contributed by atoms with Crippen molar-refractivity contribution >= 4 is 27.3 Å². The fraction of sp³-hybridized carbons (Fsp3) is 0.333. The van der Waals surface area contributed by atoms with E-state index in [1.165, 1.54) is 0 Å². The van der Waals surface area contributed by atoms with Crippen LogP contribution in [0.4, 0.5) is 0 Å². The van der Waals surface area contributed by atoms with Crippen molar-refractivity contribution < 1.29 is 0 Å². The summed E-state index contributed by atoms with van der Waals surface area (Å²) in [5.74, 6) is 0. The second kappa shape index (κ2) is 9.39. The van der Waals surface area contributed by atoms with Gasteiger partial charge in [0.15, 0.2) is 0 Å². The van der Waals surface area contributed by atoms with E-state index in [1.807, 2.05) is 6.92 Å². The van der Waals surface area contributed by atoms with E-state index in [0.29, 0.717) is 0 Å². The van der Waals surface area contributed by atoms with E-state index in [4.69, 9.17) is 0 Å². The molecule has 0 rings (SSSR count). The number of hydrogen-bond acceptors (Lipinski definition) is 0. The average Bonchev–Trinajstić information content (AvgIpc) is 0.918. The van der Waals surface area contributed by atoms with Crippen molar-refractivity contribution in [1.82, 2.24) is 0 Å². The molecule has 0 aliphatic carbocycles. The Kier molecular flexibility index (Phi) is 20.7. The van der Waals surface area contributed by atoms with Crippen LogP contribution in [0.15, 0.2) is 12.7 Å². The summed E-state index contributed by atoms with van der Waals surface area (Å²) in [5.41, 5.74) is 0. The number of allylic oxidation sites excluding steroid dienone is 1. The molecule has 0 amide bonds. The number of rotatable bonds is 0. The molecule has 0 heterocycles. The molecule has 24 valence electrons. The van der Waals surface area contributed by atoms with E-state index in [1.54, 1.807) is 6.08 Å². The molecule has 0 bridgehead atoms. The normalized spacial score (nSPS) is 3.25. The Bertz CT molecular complexity index is 10.8. The third kappa shape index (κ3) is 16.8. The third-order valence-corrected chi connectivity index (χ3v) is 0. The summed E-state index contributed by atoms with van der Waals surface area (Å²) < 4.78 is 0. The van der Waals surface area contributed by atoms with Crippen LogP contribution in [-0.2, 0) is 0 Å². The van der Waals surface area contributed by atoms with Gasteiger partial charge in [0.25, 0.3) is 0 Å². The molecule has 4 heavy (non-hydrogen) atoms. The summed E-state index contributed by atoms with van der Waals surface area (Å²) in [5, 5.41) is 0. The molecule has 1 heteroatoms. The maximum atomic E-state index is 3.36. The SMILES string of the molecule is C=CC.[PbH2]. The Morgan fingerprint density at radius 3 is 1.75 bits per heavy atom. The summed E-state index contributed by atoms with van der Waals surface area (Å²) in [4.78, 5) is 0. The molecule has 0 saturated heterocycles. The molecule has 0 aromatic carbocycles. The predicted molar refractivity (Wildman–Crippen MR) is 24.4 cm³/mol. The molecular weight excluding hydrogens is 243 g/mol. The van der Waals surface area contributed by atoms with Crippen molar-refractivity contribution in [3.05, 3.63) is 12.7 Å². The zero-order valence-corrected chi connectivity index (χ0v) is 8.49. The van der Waals surface area contributed by atoms with Gasteiger partial charge in [0.1, 0.15) is 0 Å². The third-order valence-electron chi connectivity index (χ3n) is 0. The first-order chi connectivity index (χ1) is 1.41. The van der Waals surface area contributed by atoms with E-state index < -0.39 is 0 Å². The zero-order chi connectivity index (χ0) is 2.71. The first-order valence-electron chi connectivity index (χ1n) is 0.986. The van der Waals surface area contributed by atoms with Gasteiger partial charge in [0.05, 0.1) is 0 Å². The van der Waals surface area contributed by atoms with Crippen molar-refractivity contribution in [3.8, 4) is 0 Å². The maximum absolute atomic E-state index is 3.36. The van der Waals surface area contributed by atoms with Gasteiger partial charge in [-0.05, 0) is 6.92 Å². The van der Waals surface area contributed by atoms with Crippen LogP contribution < -0.4 is 0 Å². The van der Waals surface area contributed by atoms with E-state index in [-0.39, 0.29) is 27.3 Å². The minimum absolute atomic E-state index is 0. The molecule has 2 radical (unpaired) electrons. The molecule has 0 unspecified atom stereocenters. The predicted octanol–water partition coefficient (Wildman–Crippen LogP) is 0.276. The second-order valence-electron chi connectivity index (χ2n) is 0.408. The molecule has 0 saturated carbocycles. The van der Waals surface area contributed by atoms with Crippen LogP contribution in [-0.4, -0.2) is 27.3 Å². The molecule has 0 aromatic heterocycles. The fourth-order valence-electron chi connectivity index (χ4n) is 0.